The second kappa shape index (κ2) is 6.55. The summed E-state index contributed by atoms with van der Waals surface area (Å²) in [4.78, 5) is 25.9. The average molecular weight is 332 g/mol. The van der Waals surface area contributed by atoms with E-state index in [2.05, 4.69) is 22.5 Å². The van der Waals surface area contributed by atoms with Crippen LogP contribution in [0.5, 0.6) is 0 Å². The highest BCUT2D eigenvalue weighted by molar-refractivity contribution is 9.11. The number of carbonyl (C=O) groups excluding carboxylic acids is 2. The number of rotatable bonds is 3. The largest absolute Gasteiger partial charge is 0.460 e. The number of nitrogens with zero attached hydrogens (tertiary/aromatic N) is 1. The van der Waals surface area contributed by atoms with Crippen LogP contribution in [-0.2, 0) is 14.3 Å². The zero-order valence-electron chi connectivity index (χ0n) is 11.9. The fourth-order valence-electron chi connectivity index (χ4n) is 2.10. The third-order valence-electron chi connectivity index (χ3n) is 3.05. The molecule has 0 radical (unpaired) electrons. The molecular formula is C14H22BrNO3. The summed E-state index contributed by atoms with van der Waals surface area (Å²) in [5, 5.41) is 0. The Kier molecular flexibility index (Phi) is 5.59. The minimum Gasteiger partial charge on any atom is -0.460 e. The fourth-order valence-corrected chi connectivity index (χ4v) is 2.21. The molecule has 1 aliphatic rings. The van der Waals surface area contributed by atoms with Crippen LogP contribution in [0.15, 0.2) is 11.1 Å². The van der Waals surface area contributed by atoms with Gasteiger partial charge in [-0.2, -0.15) is 0 Å². The predicted molar refractivity (Wildman–Crippen MR) is 77.8 cm³/mol. The van der Waals surface area contributed by atoms with Gasteiger partial charge in [0.15, 0.2) is 0 Å². The van der Waals surface area contributed by atoms with E-state index in [0.717, 1.165) is 19.4 Å². The zero-order chi connectivity index (χ0) is 14.6. The summed E-state index contributed by atoms with van der Waals surface area (Å²) in [6.07, 6.45) is 1.62. The van der Waals surface area contributed by atoms with E-state index in [0.29, 0.717) is 11.0 Å². The fraction of sp³-hybridized carbons (Fsp3) is 0.714. The summed E-state index contributed by atoms with van der Waals surface area (Å²) >= 11 is 3.15. The smallest absolute Gasteiger partial charge is 0.311 e. The van der Waals surface area contributed by atoms with Crippen molar-refractivity contribution in [2.24, 2.45) is 11.3 Å². The Morgan fingerprint density at radius 2 is 2.05 bits per heavy atom. The molecule has 5 heteroatoms. The summed E-state index contributed by atoms with van der Waals surface area (Å²) in [6.45, 7) is 10.7. The van der Waals surface area contributed by atoms with Crippen molar-refractivity contribution in [2.75, 3.05) is 19.7 Å². The second-order valence-electron chi connectivity index (χ2n) is 5.97. The van der Waals surface area contributed by atoms with Gasteiger partial charge in [-0.1, -0.05) is 43.3 Å². The van der Waals surface area contributed by atoms with E-state index in [1.807, 2.05) is 20.8 Å². The molecule has 0 spiro atoms. The van der Waals surface area contributed by atoms with Gasteiger partial charge in [-0.15, -0.1) is 0 Å². The molecule has 19 heavy (non-hydrogen) atoms. The van der Waals surface area contributed by atoms with Crippen LogP contribution in [0.3, 0.4) is 0 Å². The lowest BCUT2D eigenvalue weighted by atomic mass is 9.91. The maximum absolute atomic E-state index is 12.2. The van der Waals surface area contributed by atoms with E-state index in [9.17, 15) is 9.59 Å². The summed E-state index contributed by atoms with van der Waals surface area (Å²) in [6, 6.07) is 0. The van der Waals surface area contributed by atoms with Gasteiger partial charge in [-0.3, -0.25) is 9.59 Å². The van der Waals surface area contributed by atoms with Crippen LogP contribution < -0.4 is 0 Å². The van der Waals surface area contributed by atoms with Gasteiger partial charge in [0, 0.05) is 23.0 Å². The van der Waals surface area contributed by atoms with E-state index >= 15 is 0 Å². The molecule has 1 aliphatic heterocycles. The van der Waals surface area contributed by atoms with Crippen LogP contribution >= 0.6 is 15.9 Å². The molecule has 1 atom stereocenters. The van der Waals surface area contributed by atoms with Crippen LogP contribution in [0, 0.1) is 11.3 Å². The van der Waals surface area contributed by atoms with Crippen molar-refractivity contribution in [3.8, 4) is 0 Å². The van der Waals surface area contributed by atoms with Gasteiger partial charge >= 0.3 is 5.97 Å². The third-order valence-corrected chi connectivity index (χ3v) is 3.28. The zero-order valence-corrected chi connectivity index (χ0v) is 13.5. The normalized spacial score (nSPS) is 20.0. The lowest BCUT2D eigenvalue weighted by Crippen LogP contribution is -2.47. The first kappa shape index (κ1) is 16.2. The van der Waals surface area contributed by atoms with Gasteiger partial charge in [0.2, 0.25) is 5.91 Å². The molecule has 1 fully saturated rings. The number of esters is 1. The number of halogens is 1. The molecular weight excluding hydrogens is 310 g/mol. The Hall–Kier alpha value is -0.840. The molecule has 0 unspecified atom stereocenters. The first-order valence-electron chi connectivity index (χ1n) is 6.51. The summed E-state index contributed by atoms with van der Waals surface area (Å²) in [5.74, 6) is -0.367. The quantitative estimate of drug-likeness (QED) is 0.747. The number of hydrogen-bond donors (Lipinski definition) is 0. The number of likely N-dealkylation sites (tertiary alicyclic amines) is 1. The minimum atomic E-state index is -0.407. The van der Waals surface area contributed by atoms with Crippen LogP contribution in [0.2, 0.25) is 0 Å². The first-order chi connectivity index (χ1) is 8.71. The Bertz CT molecular complexity index is 373. The van der Waals surface area contributed by atoms with Crippen molar-refractivity contribution in [1.29, 1.82) is 0 Å². The van der Waals surface area contributed by atoms with Crippen LogP contribution in [0.4, 0.5) is 0 Å². The summed E-state index contributed by atoms with van der Waals surface area (Å²) < 4.78 is 5.77. The highest BCUT2D eigenvalue weighted by Gasteiger charge is 2.33. The monoisotopic (exact) mass is 331 g/mol. The second-order valence-corrected chi connectivity index (χ2v) is 7.09. The third kappa shape index (κ3) is 4.97. The first-order valence-corrected chi connectivity index (χ1v) is 7.30. The molecule has 1 amide bonds. The van der Waals surface area contributed by atoms with Gasteiger partial charge < -0.3 is 9.64 Å². The molecule has 108 valence electrons. The molecule has 0 aromatic heterocycles. The molecule has 1 saturated heterocycles. The molecule has 0 aromatic rings. The number of hydrogen-bond acceptors (Lipinski definition) is 3. The van der Waals surface area contributed by atoms with Crippen LogP contribution in [0.1, 0.15) is 33.6 Å². The van der Waals surface area contributed by atoms with E-state index in [1.165, 1.54) is 0 Å². The molecule has 0 aromatic carbocycles. The summed E-state index contributed by atoms with van der Waals surface area (Å²) in [5.41, 5.74) is -0.407. The Morgan fingerprint density at radius 3 is 2.58 bits per heavy atom. The number of piperidine rings is 1. The number of carbonyl (C=O) groups is 2. The van der Waals surface area contributed by atoms with Gasteiger partial charge in [0.05, 0.1) is 5.92 Å². The van der Waals surface area contributed by atoms with Crippen LogP contribution in [0.25, 0.3) is 0 Å². The average Bonchev–Trinajstić information content (AvgIpc) is 2.34. The molecule has 1 heterocycles. The lowest BCUT2D eigenvalue weighted by molar-refractivity contribution is -0.152. The Balaban J connectivity index is 2.57. The highest BCUT2D eigenvalue weighted by atomic mass is 79.9. The number of ether oxygens (including phenoxy) is 1. The van der Waals surface area contributed by atoms with Crippen molar-refractivity contribution in [2.45, 2.75) is 33.6 Å². The maximum atomic E-state index is 12.2. The van der Waals surface area contributed by atoms with Gasteiger partial charge in [-0.05, 0) is 12.8 Å². The SMILES string of the molecule is C=C(Br)COC(=O)[C@@H]1CCCN(C(=O)C(C)(C)C)C1. The predicted octanol–water partition coefficient (Wildman–Crippen LogP) is 2.72. The van der Waals surface area contributed by atoms with Crippen molar-refractivity contribution in [3.05, 3.63) is 11.1 Å². The molecule has 0 bridgehead atoms. The van der Waals surface area contributed by atoms with Gasteiger partial charge in [0.25, 0.3) is 0 Å². The lowest BCUT2D eigenvalue weighted by Gasteiger charge is -2.35. The van der Waals surface area contributed by atoms with Gasteiger partial charge in [0.1, 0.15) is 6.61 Å². The standard InChI is InChI=1S/C14H22BrNO3/c1-10(15)9-19-12(17)11-6-5-7-16(8-11)13(18)14(2,3)4/h11H,1,5-9H2,2-4H3/t11-/m1/s1. The van der Waals surface area contributed by atoms with E-state index in [4.69, 9.17) is 4.74 Å². The van der Waals surface area contributed by atoms with Crippen LogP contribution in [-0.4, -0.2) is 36.5 Å². The Morgan fingerprint density at radius 1 is 1.42 bits per heavy atom. The highest BCUT2D eigenvalue weighted by Crippen LogP contribution is 2.24. The van der Waals surface area contributed by atoms with Gasteiger partial charge in [-0.25, -0.2) is 0 Å². The molecule has 0 aliphatic carbocycles. The molecule has 0 saturated carbocycles. The summed E-state index contributed by atoms with van der Waals surface area (Å²) in [7, 11) is 0. The molecule has 1 rings (SSSR count). The van der Waals surface area contributed by atoms with Crippen molar-refractivity contribution >= 4 is 27.8 Å². The number of amides is 1. The van der Waals surface area contributed by atoms with E-state index in [1.54, 1.807) is 4.90 Å². The van der Waals surface area contributed by atoms with E-state index < -0.39 is 5.41 Å². The molecule has 0 N–H and O–H groups in total. The van der Waals surface area contributed by atoms with Crippen molar-refractivity contribution in [1.82, 2.24) is 4.90 Å². The molecule has 4 nitrogen and oxygen atoms in total. The Labute approximate surface area is 123 Å². The maximum Gasteiger partial charge on any atom is 0.311 e. The van der Waals surface area contributed by atoms with E-state index in [-0.39, 0.29) is 24.4 Å². The van der Waals surface area contributed by atoms with Crippen molar-refractivity contribution in [3.63, 3.8) is 0 Å². The topological polar surface area (TPSA) is 46.6 Å². The minimum absolute atomic E-state index is 0.0925. The van der Waals surface area contributed by atoms with Crippen molar-refractivity contribution < 1.29 is 14.3 Å².